The van der Waals surface area contributed by atoms with Crippen molar-refractivity contribution in [1.82, 2.24) is 9.97 Å². The molecule has 0 atom stereocenters. The number of nitro groups is 1. The van der Waals surface area contributed by atoms with Crippen molar-refractivity contribution in [1.29, 1.82) is 0 Å². The van der Waals surface area contributed by atoms with Gasteiger partial charge in [0.15, 0.2) is 0 Å². The molecule has 1 fully saturated rings. The Balaban J connectivity index is 1.95. The number of ether oxygens (including phenoxy) is 1. The summed E-state index contributed by atoms with van der Waals surface area (Å²) in [7, 11) is 0. The minimum Gasteiger partial charge on any atom is -0.432 e. The molecule has 0 unspecified atom stereocenters. The minimum atomic E-state index is -0.488. The van der Waals surface area contributed by atoms with Gasteiger partial charge in [0.25, 0.3) is 0 Å². The normalized spacial score (nSPS) is 14.0. The quantitative estimate of drug-likeness (QED) is 0.415. The van der Waals surface area contributed by atoms with E-state index in [2.05, 4.69) is 41.8 Å². The summed E-state index contributed by atoms with van der Waals surface area (Å²) in [5, 5.41) is 11.1. The molecule has 1 aromatic carbocycles. The number of halogens is 2. The number of hydrogen-bond donors (Lipinski definition) is 0. The average molecular weight is 415 g/mol. The topological polar surface area (TPSA) is 78.2 Å². The van der Waals surface area contributed by atoms with Crippen LogP contribution in [0.25, 0.3) is 0 Å². The van der Waals surface area contributed by atoms with Gasteiger partial charge in [-0.3, -0.25) is 10.1 Å². The molecule has 1 aliphatic rings. The third-order valence-corrected chi connectivity index (χ3v) is 3.86. The summed E-state index contributed by atoms with van der Waals surface area (Å²) < 4.78 is 6.80. The third-order valence-electron chi connectivity index (χ3n) is 2.96. The Hall–Kier alpha value is -1.54. The molecule has 1 aromatic heterocycles. The predicted octanol–water partition coefficient (Wildman–Crippen LogP) is 4.58. The van der Waals surface area contributed by atoms with Crippen molar-refractivity contribution in [2.45, 2.75) is 18.8 Å². The molecule has 3 rings (SSSR count). The van der Waals surface area contributed by atoms with Crippen LogP contribution in [0.3, 0.4) is 0 Å². The first-order chi connectivity index (χ1) is 10.0. The second-order valence-corrected chi connectivity index (χ2v) is 6.36. The van der Waals surface area contributed by atoms with Crippen LogP contribution in [0.15, 0.2) is 33.3 Å². The van der Waals surface area contributed by atoms with Gasteiger partial charge in [0, 0.05) is 22.5 Å². The molecule has 0 bridgehead atoms. The molecule has 1 heterocycles. The highest BCUT2D eigenvalue weighted by Crippen LogP contribution is 2.40. The summed E-state index contributed by atoms with van der Waals surface area (Å²) in [6.45, 7) is 0. The van der Waals surface area contributed by atoms with Crippen molar-refractivity contribution in [3.8, 4) is 11.6 Å². The molecule has 0 spiro atoms. The van der Waals surface area contributed by atoms with Crippen molar-refractivity contribution in [3.05, 3.63) is 49.3 Å². The van der Waals surface area contributed by atoms with Crippen LogP contribution in [-0.2, 0) is 0 Å². The highest BCUT2D eigenvalue weighted by Gasteiger charge is 2.27. The second-order valence-electron chi connectivity index (χ2n) is 4.63. The van der Waals surface area contributed by atoms with Gasteiger partial charge in [-0.15, -0.1) is 0 Å². The van der Waals surface area contributed by atoms with Crippen molar-refractivity contribution >= 4 is 37.5 Å². The molecule has 0 radical (unpaired) electrons. The largest absolute Gasteiger partial charge is 0.432 e. The first kappa shape index (κ1) is 14.4. The smallest absolute Gasteiger partial charge is 0.312 e. The van der Waals surface area contributed by atoms with Gasteiger partial charge in [0.05, 0.1) is 4.92 Å². The number of aromatic nitrogens is 2. The molecule has 6 nitrogen and oxygen atoms in total. The Bertz CT molecular complexity index is 720. The van der Waals surface area contributed by atoms with Gasteiger partial charge < -0.3 is 4.74 Å². The fourth-order valence-corrected chi connectivity index (χ4v) is 2.55. The van der Waals surface area contributed by atoms with E-state index in [1.807, 2.05) is 0 Å². The fourth-order valence-electron chi connectivity index (χ4n) is 1.82. The maximum Gasteiger partial charge on any atom is 0.312 e. The Morgan fingerprint density at radius 1 is 1.24 bits per heavy atom. The molecule has 0 aliphatic heterocycles. The second kappa shape index (κ2) is 5.69. The van der Waals surface area contributed by atoms with Crippen LogP contribution >= 0.6 is 31.9 Å². The van der Waals surface area contributed by atoms with Crippen LogP contribution in [0.2, 0.25) is 0 Å². The summed E-state index contributed by atoms with van der Waals surface area (Å²) in [5.41, 5.74) is -0.118. The van der Waals surface area contributed by atoms with E-state index in [0.717, 1.165) is 12.8 Å². The zero-order chi connectivity index (χ0) is 15.0. The zero-order valence-electron chi connectivity index (χ0n) is 10.6. The summed E-state index contributed by atoms with van der Waals surface area (Å²) in [6.07, 6.45) is 2.13. The lowest BCUT2D eigenvalue weighted by atomic mass is 10.3. The summed E-state index contributed by atoms with van der Waals surface area (Å²) >= 11 is 6.52. The van der Waals surface area contributed by atoms with Gasteiger partial charge in [0.2, 0.25) is 11.6 Å². The van der Waals surface area contributed by atoms with Gasteiger partial charge in [-0.2, -0.15) is 4.98 Å². The lowest BCUT2D eigenvalue weighted by Crippen LogP contribution is -1.98. The van der Waals surface area contributed by atoms with Gasteiger partial charge >= 0.3 is 5.69 Å². The average Bonchev–Trinajstić information content (AvgIpc) is 3.24. The van der Waals surface area contributed by atoms with Gasteiger partial charge in [-0.25, -0.2) is 4.98 Å². The van der Waals surface area contributed by atoms with E-state index >= 15 is 0 Å². The first-order valence-electron chi connectivity index (χ1n) is 6.19. The highest BCUT2D eigenvalue weighted by molar-refractivity contribution is 9.10. The number of rotatable bonds is 4. The Morgan fingerprint density at radius 2 is 2.00 bits per heavy atom. The molecular weight excluding hydrogens is 406 g/mol. The Morgan fingerprint density at radius 3 is 2.67 bits per heavy atom. The first-order valence-corrected chi connectivity index (χ1v) is 7.78. The third kappa shape index (κ3) is 3.38. The molecule has 21 heavy (non-hydrogen) atoms. The summed E-state index contributed by atoms with van der Waals surface area (Å²) in [4.78, 5) is 19.2. The van der Waals surface area contributed by atoms with E-state index < -0.39 is 4.92 Å². The van der Waals surface area contributed by atoms with Crippen LogP contribution < -0.4 is 4.74 Å². The lowest BCUT2D eigenvalue weighted by molar-refractivity contribution is -0.385. The molecular formula is C13H9Br2N3O3. The molecule has 1 saturated carbocycles. The van der Waals surface area contributed by atoms with Crippen molar-refractivity contribution in [2.75, 3.05) is 0 Å². The van der Waals surface area contributed by atoms with Gasteiger partial charge in [-0.1, -0.05) is 15.9 Å². The van der Waals surface area contributed by atoms with E-state index in [1.165, 1.54) is 12.1 Å². The zero-order valence-corrected chi connectivity index (χ0v) is 13.8. The van der Waals surface area contributed by atoms with E-state index in [0.29, 0.717) is 26.7 Å². The monoisotopic (exact) mass is 413 g/mol. The Kier molecular flexibility index (Phi) is 3.90. The molecule has 0 N–H and O–H groups in total. The van der Waals surface area contributed by atoms with Crippen LogP contribution in [0.5, 0.6) is 11.6 Å². The number of hydrogen-bond acceptors (Lipinski definition) is 5. The van der Waals surface area contributed by atoms with E-state index in [1.54, 1.807) is 12.1 Å². The predicted molar refractivity (Wildman–Crippen MR) is 82.6 cm³/mol. The number of nitrogens with zero attached hydrogens (tertiary/aromatic N) is 3. The highest BCUT2D eigenvalue weighted by atomic mass is 79.9. The molecule has 0 amide bonds. The SMILES string of the molecule is O=[N+]([O-])c1cc(Br)ccc1Oc1cc(Br)nc(C2CC2)n1. The number of benzene rings is 1. The van der Waals surface area contributed by atoms with Crippen molar-refractivity contribution < 1.29 is 9.66 Å². The van der Waals surface area contributed by atoms with Crippen molar-refractivity contribution in [2.24, 2.45) is 0 Å². The van der Waals surface area contributed by atoms with Crippen molar-refractivity contribution in [3.63, 3.8) is 0 Å². The molecule has 8 heteroatoms. The van der Waals surface area contributed by atoms with Crippen LogP contribution in [0.1, 0.15) is 24.6 Å². The summed E-state index contributed by atoms with van der Waals surface area (Å²) in [5.74, 6) is 1.52. The van der Waals surface area contributed by atoms with Crippen LogP contribution in [-0.4, -0.2) is 14.9 Å². The molecule has 108 valence electrons. The Labute approximate surface area is 137 Å². The molecule has 2 aromatic rings. The van der Waals surface area contributed by atoms with Gasteiger partial charge in [0.1, 0.15) is 10.4 Å². The van der Waals surface area contributed by atoms with E-state index in [-0.39, 0.29) is 11.4 Å². The minimum absolute atomic E-state index is 0.118. The van der Waals surface area contributed by atoms with E-state index in [9.17, 15) is 10.1 Å². The molecule has 0 saturated heterocycles. The maximum atomic E-state index is 11.1. The fraction of sp³-hybridized carbons (Fsp3) is 0.231. The van der Waals surface area contributed by atoms with Crippen LogP contribution in [0, 0.1) is 10.1 Å². The van der Waals surface area contributed by atoms with Gasteiger partial charge in [-0.05, 0) is 40.9 Å². The number of nitro benzene ring substituents is 1. The molecule has 1 aliphatic carbocycles. The maximum absolute atomic E-state index is 11.1. The van der Waals surface area contributed by atoms with Crippen LogP contribution in [0.4, 0.5) is 5.69 Å². The lowest BCUT2D eigenvalue weighted by Gasteiger charge is -2.07. The van der Waals surface area contributed by atoms with E-state index in [4.69, 9.17) is 4.74 Å². The standard InChI is InChI=1S/C13H9Br2N3O3/c14-8-3-4-10(9(5-8)18(19)20)21-12-6-11(15)16-13(17-12)7-1-2-7/h3-7H,1-2H2. The summed E-state index contributed by atoms with van der Waals surface area (Å²) in [6, 6.07) is 6.21.